The number of hydrogen-bond donors (Lipinski definition) is 2. The van der Waals surface area contributed by atoms with E-state index in [0.29, 0.717) is 0 Å². The van der Waals surface area contributed by atoms with Crippen molar-refractivity contribution in [3.63, 3.8) is 0 Å². The molecule has 0 saturated heterocycles. The van der Waals surface area contributed by atoms with Gasteiger partial charge in [0.05, 0.1) is 13.0 Å². The zero-order chi connectivity index (χ0) is 14.3. The number of esters is 1. The lowest BCUT2D eigenvalue weighted by molar-refractivity contribution is -0.145. The fourth-order valence-corrected chi connectivity index (χ4v) is 1.41. The van der Waals surface area contributed by atoms with E-state index in [1.165, 1.54) is 0 Å². The van der Waals surface area contributed by atoms with E-state index < -0.39 is 23.8 Å². The minimum atomic E-state index is -0.857. The summed E-state index contributed by atoms with van der Waals surface area (Å²) in [6.07, 6.45) is 0.0415. The van der Waals surface area contributed by atoms with Crippen LogP contribution < -0.4 is 11.1 Å². The van der Waals surface area contributed by atoms with Gasteiger partial charge in [0, 0.05) is 5.92 Å². The Labute approximate surface area is 107 Å². The third-order valence-corrected chi connectivity index (χ3v) is 2.49. The molecule has 0 spiro atoms. The Hall–Kier alpha value is -1.59. The molecule has 0 aliphatic heterocycles. The normalized spacial score (nSPS) is 13.8. The molecule has 0 fully saturated rings. The summed E-state index contributed by atoms with van der Waals surface area (Å²) in [6, 6.07) is -0.857. The highest BCUT2D eigenvalue weighted by Crippen LogP contribution is 2.10. The first-order valence-electron chi connectivity index (χ1n) is 6.04. The van der Waals surface area contributed by atoms with E-state index in [0.717, 1.165) is 0 Å². The summed E-state index contributed by atoms with van der Waals surface area (Å²) in [5.41, 5.74) is 5.23. The van der Waals surface area contributed by atoms with Gasteiger partial charge >= 0.3 is 5.97 Å². The van der Waals surface area contributed by atoms with Crippen molar-refractivity contribution in [2.24, 2.45) is 17.6 Å². The van der Waals surface area contributed by atoms with Crippen LogP contribution in [0.15, 0.2) is 0 Å². The van der Waals surface area contributed by atoms with Crippen LogP contribution in [0.25, 0.3) is 0 Å². The average Bonchev–Trinajstić information content (AvgIpc) is 2.24. The Kier molecular flexibility index (Phi) is 7.00. The smallest absolute Gasteiger partial charge is 0.306 e. The number of carbonyl (C=O) groups excluding carboxylic acids is 3. The van der Waals surface area contributed by atoms with Crippen molar-refractivity contribution in [1.82, 2.24) is 5.32 Å². The molecule has 0 heterocycles. The fourth-order valence-electron chi connectivity index (χ4n) is 1.41. The highest BCUT2D eigenvalue weighted by molar-refractivity contribution is 5.88. The summed E-state index contributed by atoms with van der Waals surface area (Å²) in [6.45, 7) is 7.08. The molecule has 6 nitrogen and oxygen atoms in total. The van der Waals surface area contributed by atoms with Crippen LogP contribution in [0.5, 0.6) is 0 Å². The topological polar surface area (TPSA) is 98.5 Å². The highest BCUT2D eigenvalue weighted by Gasteiger charge is 2.27. The molecule has 0 rings (SSSR count). The lowest BCUT2D eigenvalue weighted by Crippen LogP contribution is -2.50. The van der Waals surface area contributed by atoms with Crippen molar-refractivity contribution < 1.29 is 19.1 Å². The third-order valence-electron chi connectivity index (χ3n) is 2.49. The molecule has 0 aliphatic rings. The first-order valence-corrected chi connectivity index (χ1v) is 6.04. The number of carbonyl (C=O) groups is 3. The Balaban J connectivity index is 4.55. The molecular formula is C12H22N2O4. The largest absolute Gasteiger partial charge is 0.466 e. The Morgan fingerprint density at radius 1 is 1.22 bits per heavy atom. The summed E-state index contributed by atoms with van der Waals surface area (Å²) in [5, 5.41) is 2.54. The predicted molar refractivity (Wildman–Crippen MR) is 66.4 cm³/mol. The van der Waals surface area contributed by atoms with Gasteiger partial charge in [-0.2, -0.15) is 0 Å². The van der Waals surface area contributed by atoms with Gasteiger partial charge in [0.25, 0.3) is 0 Å². The van der Waals surface area contributed by atoms with Crippen molar-refractivity contribution >= 4 is 17.8 Å². The van der Waals surface area contributed by atoms with Crippen LogP contribution in [-0.2, 0) is 19.1 Å². The van der Waals surface area contributed by atoms with Crippen LogP contribution in [0.2, 0.25) is 0 Å². The molecule has 0 aliphatic carbocycles. The number of nitrogens with two attached hydrogens (primary N) is 1. The molecule has 18 heavy (non-hydrogen) atoms. The summed E-state index contributed by atoms with van der Waals surface area (Å²) >= 11 is 0. The zero-order valence-electron chi connectivity index (χ0n) is 11.4. The summed E-state index contributed by atoms with van der Waals surface area (Å²) in [7, 11) is 0. The second-order valence-electron chi connectivity index (χ2n) is 4.53. The first kappa shape index (κ1) is 16.4. The molecule has 0 aromatic carbocycles. The van der Waals surface area contributed by atoms with Gasteiger partial charge in [-0.3, -0.25) is 14.4 Å². The van der Waals surface area contributed by atoms with Crippen molar-refractivity contribution in [2.75, 3.05) is 6.61 Å². The standard InChI is InChI=1S/C12H22N2O4/c1-5-18-9(15)6-8(4)10(11(13)16)14-12(17)7(2)3/h7-8,10H,5-6H2,1-4H3,(H2,13,16)(H,14,17)/t8-,10-/m0/s1. The van der Waals surface area contributed by atoms with Crippen LogP contribution >= 0.6 is 0 Å². The van der Waals surface area contributed by atoms with Gasteiger partial charge < -0.3 is 15.8 Å². The van der Waals surface area contributed by atoms with E-state index in [9.17, 15) is 14.4 Å². The summed E-state index contributed by atoms with van der Waals surface area (Å²) in [5.74, 6) is -1.98. The number of nitrogens with one attached hydrogen (secondary N) is 1. The lowest BCUT2D eigenvalue weighted by atomic mass is 9.97. The third kappa shape index (κ3) is 5.65. The van der Waals surface area contributed by atoms with Gasteiger partial charge in [0.15, 0.2) is 0 Å². The van der Waals surface area contributed by atoms with E-state index in [-0.39, 0.29) is 24.9 Å². The van der Waals surface area contributed by atoms with E-state index >= 15 is 0 Å². The first-order chi connectivity index (χ1) is 8.29. The van der Waals surface area contributed by atoms with E-state index in [2.05, 4.69) is 5.32 Å². The molecule has 0 bridgehead atoms. The molecule has 0 unspecified atom stereocenters. The number of rotatable bonds is 7. The monoisotopic (exact) mass is 258 g/mol. The molecule has 6 heteroatoms. The van der Waals surface area contributed by atoms with Crippen LogP contribution in [0.3, 0.4) is 0 Å². The van der Waals surface area contributed by atoms with Crippen LogP contribution in [0, 0.1) is 11.8 Å². The average molecular weight is 258 g/mol. The molecule has 0 saturated carbocycles. The summed E-state index contributed by atoms with van der Waals surface area (Å²) < 4.78 is 4.79. The SMILES string of the molecule is CCOC(=O)C[C@H](C)[C@H](NC(=O)C(C)C)C(N)=O. The number of hydrogen-bond acceptors (Lipinski definition) is 4. The molecule has 2 atom stereocenters. The van der Waals surface area contributed by atoms with Crippen molar-refractivity contribution in [3.8, 4) is 0 Å². The highest BCUT2D eigenvalue weighted by atomic mass is 16.5. The molecule has 2 amide bonds. The van der Waals surface area contributed by atoms with E-state index in [1.54, 1.807) is 27.7 Å². The van der Waals surface area contributed by atoms with Gasteiger partial charge in [-0.15, -0.1) is 0 Å². The van der Waals surface area contributed by atoms with Crippen LogP contribution in [-0.4, -0.2) is 30.4 Å². The lowest BCUT2D eigenvalue weighted by Gasteiger charge is -2.22. The quantitative estimate of drug-likeness (QED) is 0.637. The molecule has 104 valence electrons. The van der Waals surface area contributed by atoms with Gasteiger partial charge in [0.1, 0.15) is 6.04 Å². The van der Waals surface area contributed by atoms with Crippen LogP contribution in [0.4, 0.5) is 0 Å². The number of primary amides is 1. The van der Waals surface area contributed by atoms with E-state index in [1.807, 2.05) is 0 Å². The molecule has 3 N–H and O–H groups in total. The maximum Gasteiger partial charge on any atom is 0.306 e. The minimum absolute atomic E-state index is 0.0415. The van der Waals surface area contributed by atoms with Crippen LogP contribution in [0.1, 0.15) is 34.1 Å². The second-order valence-corrected chi connectivity index (χ2v) is 4.53. The second kappa shape index (κ2) is 7.68. The van der Waals surface area contributed by atoms with Crippen molar-refractivity contribution in [3.05, 3.63) is 0 Å². The maximum atomic E-state index is 11.5. The van der Waals surface area contributed by atoms with Gasteiger partial charge in [-0.1, -0.05) is 20.8 Å². The van der Waals surface area contributed by atoms with Crippen molar-refractivity contribution in [2.45, 2.75) is 40.2 Å². The molecule has 0 radical (unpaired) electrons. The van der Waals surface area contributed by atoms with Gasteiger partial charge in [0.2, 0.25) is 11.8 Å². The maximum absolute atomic E-state index is 11.5. The van der Waals surface area contributed by atoms with E-state index in [4.69, 9.17) is 10.5 Å². The zero-order valence-corrected chi connectivity index (χ0v) is 11.4. The molecule has 0 aromatic rings. The Bertz CT molecular complexity index is 315. The fraction of sp³-hybridized carbons (Fsp3) is 0.750. The van der Waals surface area contributed by atoms with Gasteiger partial charge in [-0.05, 0) is 12.8 Å². The molecular weight excluding hydrogens is 236 g/mol. The number of ether oxygens (including phenoxy) is 1. The molecule has 0 aromatic heterocycles. The Morgan fingerprint density at radius 3 is 2.17 bits per heavy atom. The minimum Gasteiger partial charge on any atom is -0.466 e. The summed E-state index contributed by atoms with van der Waals surface area (Å²) in [4.78, 5) is 34.1. The van der Waals surface area contributed by atoms with Gasteiger partial charge in [-0.25, -0.2) is 0 Å². The predicted octanol–water partition coefficient (Wildman–Crippen LogP) is 0.202. The van der Waals surface area contributed by atoms with Crippen molar-refractivity contribution in [1.29, 1.82) is 0 Å². The number of amides is 2. The Morgan fingerprint density at radius 2 is 1.78 bits per heavy atom.